The zero-order valence-corrected chi connectivity index (χ0v) is 18.3. The van der Waals surface area contributed by atoms with Gasteiger partial charge in [0.25, 0.3) is 0 Å². The molecule has 0 aliphatic rings. The van der Waals surface area contributed by atoms with E-state index >= 15 is 0 Å². The van der Waals surface area contributed by atoms with Gasteiger partial charge in [-0.15, -0.1) is 0 Å². The molecule has 0 radical (unpaired) electrons. The first-order valence-corrected chi connectivity index (χ1v) is 10.8. The molecule has 0 spiro atoms. The fraction of sp³-hybridized carbons (Fsp3) is 0. The molecule has 168 valence electrons. The van der Waals surface area contributed by atoms with Crippen molar-refractivity contribution in [1.82, 2.24) is 0 Å². The Labute approximate surface area is 197 Å². The number of aromatic hydroxyl groups is 4. The lowest BCUT2D eigenvalue weighted by Crippen LogP contribution is -1.72. The van der Waals surface area contributed by atoms with E-state index in [4.69, 9.17) is 10.2 Å². The zero-order chi connectivity index (χ0) is 23.9. The van der Waals surface area contributed by atoms with Crippen LogP contribution in [0.4, 0.5) is 0 Å². The van der Waals surface area contributed by atoms with Gasteiger partial charge in [-0.05, 0) is 45.8 Å². The Hall–Kier alpha value is -4.70. The minimum Gasteiger partial charge on any atom is -0.507 e. The number of hydrogen-bond donors (Lipinski definition) is 4. The third kappa shape index (κ3) is 5.19. The molecule has 6 rings (SSSR count). The molecule has 0 amide bonds. The number of phenols is 4. The first-order chi connectivity index (χ1) is 16.5. The summed E-state index contributed by atoms with van der Waals surface area (Å²) < 4.78 is 0. The predicted octanol–water partition coefficient (Wildman–Crippen LogP) is 7.34. The highest BCUT2D eigenvalue weighted by molar-refractivity contribution is 5.88. The predicted molar refractivity (Wildman–Crippen MR) is 139 cm³/mol. The van der Waals surface area contributed by atoms with Crippen LogP contribution >= 0.6 is 0 Å². The van der Waals surface area contributed by atoms with E-state index in [1.807, 2.05) is 97.1 Å². The lowest BCUT2D eigenvalue weighted by Gasteiger charge is -2.00. The van der Waals surface area contributed by atoms with Gasteiger partial charge < -0.3 is 20.4 Å². The number of rotatable bonds is 0. The van der Waals surface area contributed by atoms with E-state index in [-0.39, 0.29) is 11.5 Å². The Balaban J connectivity index is 0.000000121. The van der Waals surface area contributed by atoms with Crippen LogP contribution in [0.3, 0.4) is 0 Å². The Kier molecular flexibility index (Phi) is 6.80. The Morgan fingerprint density at radius 2 is 0.618 bits per heavy atom. The third-order valence-corrected chi connectivity index (χ3v) is 5.38. The van der Waals surface area contributed by atoms with Crippen molar-refractivity contribution >= 4 is 32.3 Å². The fourth-order valence-electron chi connectivity index (χ4n) is 3.63. The molecule has 34 heavy (non-hydrogen) atoms. The summed E-state index contributed by atoms with van der Waals surface area (Å²) in [6, 6.07) is 37.2. The summed E-state index contributed by atoms with van der Waals surface area (Å²) in [5, 5.41) is 42.9. The van der Waals surface area contributed by atoms with Gasteiger partial charge in [0.1, 0.15) is 11.5 Å². The summed E-state index contributed by atoms with van der Waals surface area (Å²) in [5.41, 5.74) is 0. The van der Waals surface area contributed by atoms with Crippen molar-refractivity contribution in [3.8, 4) is 23.0 Å². The average Bonchev–Trinajstić information content (AvgIpc) is 2.86. The summed E-state index contributed by atoms with van der Waals surface area (Å²) in [6.45, 7) is 0. The van der Waals surface area contributed by atoms with Crippen molar-refractivity contribution in [1.29, 1.82) is 0 Å². The molecule has 6 aromatic carbocycles. The van der Waals surface area contributed by atoms with Crippen LogP contribution in [-0.2, 0) is 0 Å². The molecule has 0 atom stereocenters. The van der Waals surface area contributed by atoms with Crippen molar-refractivity contribution in [2.75, 3.05) is 0 Å². The molecular weight excluding hydrogens is 424 g/mol. The summed E-state index contributed by atoms with van der Waals surface area (Å²) in [5.74, 6) is 0.550. The van der Waals surface area contributed by atoms with Crippen molar-refractivity contribution in [3.05, 3.63) is 121 Å². The van der Waals surface area contributed by atoms with Gasteiger partial charge in [-0.25, -0.2) is 0 Å². The molecule has 4 nitrogen and oxygen atoms in total. The minimum absolute atomic E-state index is 0.0753. The second kappa shape index (κ2) is 10.3. The monoisotopic (exact) mass is 448 g/mol. The van der Waals surface area contributed by atoms with E-state index < -0.39 is 0 Å². The highest BCUT2D eigenvalue weighted by Gasteiger charge is 2.00. The van der Waals surface area contributed by atoms with E-state index in [9.17, 15) is 10.2 Å². The van der Waals surface area contributed by atoms with Gasteiger partial charge in [-0.3, -0.25) is 0 Å². The van der Waals surface area contributed by atoms with E-state index in [0.717, 1.165) is 32.3 Å². The molecule has 0 bridgehead atoms. The molecule has 0 aromatic heterocycles. The van der Waals surface area contributed by atoms with Crippen LogP contribution in [-0.4, -0.2) is 20.4 Å². The van der Waals surface area contributed by atoms with E-state index in [1.165, 1.54) is 0 Å². The molecule has 4 heteroatoms. The topological polar surface area (TPSA) is 80.9 Å². The molecule has 4 N–H and O–H groups in total. The van der Waals surface area contributed by atoms with Crippen LogP contribution in [0.1, 0.15) is 0 Å². The van der Waals surface area contributed by atoms with Crippen LogP contribution in [0, 0.1) is 0 Å². The second-order valence-electron chi connectivity index (χ2n) is 7.68. The zero-order valence-electron chi connectivity index (χ0n) is 18.3. The summed E-state index contributed by atoms with van der Waals surface area (Å²) in [6.07, 6.45) is 0. The Morgan fingerprint density at radius 1 is 0.294 bits per heavy atom. The summed E-state index contributed by atoms with van der Waals surface area (Å²) in [7, 11) is 0. The van der Waals surface area contributed by atoms with Gasteiger partial charge in [-0.2, -0.15) is 0 Å². The van der Waals surface area contributed by atoms with Crippen LogP contribution in [0.15, 0.2) is 121 Å². The fourth-order valence-corrected chi connectivity index (χ4v) is 3.63. The van der Waals surface area contributed by atoms with Crippen LogP contribution in [0.25, 0.3) is 32.3 Å². The summed E-state index contributed by atoms with van der Waals surface area (Å²) >= 11 is 0. The molecular formula is C30H24O4. The standard InChI is InChI=1S/C10H8O2.2C10H8O/c11-9-5-7-3-1-2-4-8(7)6-10(9)12;2*11-10-7-3-5-8-4-1-2-6-9(8)10/h1-6,11-12H;2*1-7,11H. The normalized spacial score (nSPS) is 10.2. The van der Waals surface area contributed by atoms with Crippen LogP contribution in [0.2, 0.25) is 0 Å². The van der Waals surface area contributed by atoms with Crippen LogP contribution in [0.5, 0.6) is 23.0 Å². The van der Waals surface area contributed by atoms with Crippen molar-refractivity contribution in [2.24, 2.45) is 0 Å². The van der Waals surface area contributed by atoms with Crippen molar-refractivity contribution in [2.45, 2.75) is 0 Å². The molecule has 0 heterocycles. The lowest BCUT2D eigenvalue weighted by molar-refractivity contribution is 0.405. The highest BCUT2D eigenvalue weighted by Crippen LogP contribution is 2.29. The smallest absolute Gasteiger partial charge is 0.158 e. The van der Waals surface area contributed by atoms with Gasteiger partial charge in [-0.1, -0.05) is 97.1 Å². The molecule has 0 saturated heterocycles. The molecule has 6 aromatic rings. The van der Waals surface area contributed by atoms with Crippen molar-refractivity contribution < 1.29 is 20.4 Å². The van der Waals surface area contributed by atoms with Crippen LogP contribution < -0.4 is 0 Å². The maximum Gasteiger partial charge on any atom is 0.158 e. The quantitative estimate of drug-likeness (QED) is 0.183. The maximum atomic E-state index is 9.37. The molecule has 0 fully saturated rings. The highest BCUT2D eigenvalue weighted by atomic mass is 16.3. The largest absolute Gasteiger partial charge is 0.507 e. The lowest BCUT2D eigenvalue weighted by atomic mass is 10.1. The third-order valence-electron chi connectivity index (χ3n) is 5.38. The first kappa shape index (κ1) is 22.5. The van der Waals surface area contributed by atoms with E-state index in [0.29, 0.717) is 11.5 Å². The number of fused-ring (bicyclic) bond motifs is 3. The maximum absolute atomic E-state index is 9.37. The summed E-state index contributed by atoms with van der Waals surface area (Å²) in [4.78, 5) is 0. The van der Waals surface area contributed by atoms with Gasteiger partial charge in [0.05, 0.1) is 0 Å². The average molecular weight is 449 g/mol. The van der Waals surface area contributed by atoms with Gasteiger partial charge in [0, 0.05) is 10.8 Å². The molecule has 0 aliphatic heterocycles. The van der Waals surface area contributed by atoms with E-state index in [2.05, 4.69) is 0 Å². The molecule has 0 unspecified atom stereocenters. The Morgan fingerprint density at radius 3 is 1.00 bits per heavy atom. The molecule has 0 saturated carbocycles. The minimum atomic E-state index is -0.0753. The molecule has 0 aliphatic carbocycles. The number of hydrogen-bond acceptors (Lipinski definition) is 4. The van der Waals surface area contributed by atoms with E-state index in [1.54, 1.807) is 24.3 Å². The second-order valence-corrected chi connectivity index (χ2v) is 7.68. The number of benzene rings is 6. The van der Waals surface area contributed by atoms with Gasteiger partial charge in [0.15, 0.2) is 11.5 Å². The van der Waals surface area contributed by atoms with Crippen molar-refractivity contribution in [3.63, 3.8) is 0 Å². The SMILES string of the molecule is Oc1cc2ccccc2cc1O.Oc1cccc2ccccc12.Oc1cccc2ccccc12. The van der Waals surface area contributed by atoms with Gasteiger partial charge in [0.2, 0.25) is 0 Å². The Bertz CT molecular complexity index is 1430. The number of phenolic OH excluding ortho intramolecular Hbond substituents is 4. The first-order valence-electron chi connectivity index (χ1n) is 10.8. The van der Waals surface area contributed by atoms with Gasteiger partial charge >= 0.3 is 0 Å².